The van der Waals surface area contributed by atoms with Crippen LogP contribution in [0.3, 0.4) is 0 Å². The van der Waals surface area contributed by atoms with Crippen LogP contribution < -0.4 is 19.5 Å². The molecule has 0 heterocycles. The molecule has 1 amide bonds. The minimum Gasteiger partial charge on any atom is -0.493 e. The summed E-state index contributed by atoms with van der Waals surface area (Å²) in [5.41, 5.74) is 1.07. The van der Waals surface area contributed by atoms with E-state index in [4.69, 9.17) is 14.2 Å². The lowest BCUT2D eigenvalue weighted by atomic mass is 10.2. The van der Waals surface area contributed by atoms with Gasteiger partial charge >= 0.3 is 0 Å². The highest BCUT2D eigenvalue weighted by molar-refractivity contribution is 5.80. The van der Waals surface area contributed by atoms with E-state index < -0.39 is 6.10 Å². The van der Waals surface area contributed by atoms with Crippen molar-refractivity contribution in [3.8, 4) is 17.2 Å². The second-order valence-electron chi connectivity index (χ2n) is 5.32. The third-order valence-corrected chi connectivity index (χ3v) is 3.49. The van der Waals surface area contributed by atoms with Crippen LogP contribution in [-0.2, 0) is 4.79 Å². The number of ether oxygens (including phenoxy) is 3. The first-order valence-corrected chi connectivity index (χ1v) is 7.87. The topological polar surface area (TPSA) is 56.8 Å². The standard InChI is InChI=1S/C19H23NO4/c1-14-8-4-5-9-16(14)23-13-12-20-19(21)15(2)24-18-11-7-6-10-17(18)22-3/h4-11,15H,12-13H2,1-3H3,(H,20,21)/t15-/m1/s1. The first kappa shape index (κ1) is 17.7. The minimum atomic E-state index is -0.625. The van der Waals surface area contributed by atoms with Gasteiger partial charge in [0.05, 0.1) is 13.7 Å². The Kier molecular flexibility index (Phi) is 6.49. The number of carbonyl (C=O) groups excluding carboxylic acids is 1. The molecule has 0 aliphatic heterocycles. The predicted molar refractivity (Wildman–Crippen MR) is 92.8 cm³/mol. The Labute approximate surface area is 142 Å². The first-order valence-electron chi connectivity index (χ1n) is 7.87. The van der Waals surface area contributed by atoms with Gasteiger partial charge in [-0.15, -0.1) is 0 Å². The van der Waals surface area contributed by atoms with Crippen LogP contribution in [0.25, 0.3) is 0 Å². The summed E-state index contributed by atoms with van der Waals surface area (Å²) in [5, 5.41) is 2.80. The second kappa shape index (κ2) is 8.82. The van der Waals surface area contributed by atoms with Crippen LogP contribution in [0.15, 0.2) is 48.5 Å². The molecular formula is C19H23NO4. The van der Waals surface area contributed by atoms with Gasteiger partial charge in [0.1, 0.15) is 12.4 Å². The van der Waals surface area contributed by atoms with E-state index in [9.17, 15) is 4.79 Å². The first-order chi connectivity index (χ1) is 11.6. The average molecular weight is 329 g/mol. The Bertz CT molecular complexity index is 672. The number of hydrogen-bond acceptors (Lipinski definition) is 4. The van der Waals surface area contributed by atoms with Crippen LogP contribution in [0.1, 0.15) is 12.5 Å². The van der Waals surface area contributed by atoms with Crippen LogP contribution in [0.4, 0.5) is 0 Å². The quantitative estimate of drug-likeness (QED) is 0.757. The Hall–Kier alpha value is -2.69. The third kappa shape index (κ3) is 4.91. The molecule has 0 aromatic heterocycles. The van der Waals surface area contributed by atoms with E-state index in [1.165, 1.54) is 0 Å². The zero-order chi connectivity index (χ0) is 17.4. The fraction of sp³-hybridized carbons (Fsp3) is 0.316. The van der Waals surface area contributed by atoms with Gasteiger partial charge in [-0.05, 0) is 37.6 Å². The van der Waals surface area contributed by atoms with E-state index in [1.54, 1.807) is 26.2 Å². The smallest absolute Gasteiger partial charge is 0.260 e. The van der Waals surface area contributed by atoms with Crippen molar-refractivity contribution >= 4 is 5.91 Å². The third-order valence-electron chi connectivity index (χ3n) is 3.49. The Balaban J connectivity index is 1.77. The number of rotatable bonds is 8. The molecule has 0 saturated heterocycles. The highest BCUT2D eigenvalue weighted by Gasteiger charge is 2.16. The van der Waals surface area contributed by atoms with Gasteiger partial charge in [-0.25, -0.2) is 0 Å². The molecule has 0 radical (unpaired) electrons. The number of methoxy groups -OCH3 is 1. The van der Waals surface area contributed by atoms with Crippen LogP contribution in [-0.4, -0.2) is 32.3 Å². The second-order valence-corrected chi connectivity index (χ2v) is 5.32. The largest absolute Gasteiger partial charge is 0.493 e. The van der Waals surface area contributed by atoms with E-state index in [0.717, 1.165) is 11.3 Å². The molecule has 0 aliphatic rings. The molecule has 0 spiro atoms. The summed E-state index contributed by atoms with van der Waals surface area (Å²) in [4.78, 5) is 12.1. The maximum atomic E-state index is 12.1. The minimum absolute atomic E-state index is 0.200. The van der Waals surface area contributed by atoms with Gasteiger partial charge in [-0.2, -0.15) is 0 Å². The van der Waals surface area contributed by atoms with Gasteiger partial charge in [0, 0.05) is 0 Å². The van der Waals surface area contributed by atoms with Crippen molar-refractivity contribution < 1.29 is 19.0 Å². The van der Waals surface area contributed by atoms with E-state index in [2.05, 4.69) is 5.32 Å². The van der Waals surface area contributed by atoms with Crippen molar-refractivity contribution in [3.63, 3.8) is 0 Å². The van der Waals surface area contributed by atoms with Crippen molar-refractivity contribution in [1.29, 1.82) is 0 Å². The molecular weight excluding hydrogens is 306 g/mol. The maximum absolute atomic E-state index is 12.1. The highest BCUT2D eigenvalue weighted by Crippen LogP contribution is 2.26. The highest BCUT2D eigenvalue weighted by atomic mass is 16.5. The summed E-state index contributed by atoms with van der Waals surface area (Å²) in [5.74, 6) is 1.76. The lowest BCUT2D eigenvalue weighted by molar-refractivity contribution is -0.127. The summed E-state index contributed by atoms with van der Waals surface area (Å²) < 4.78 is 16.5. The number of aryl methyl sites for hydroxylation is 1. The van der Waals surface area contributed by atoms with Crippen LogP contribution >= 0.6 is 0 Å². The van der Waals surface area contributed by atoms with Crippen LogP contribution in [0.5, 0.6) is 17.2 Å². The van der Waals surface area contributed by atoms with Crippen molar-refractivity contribution in [3.05, 3.63) is 54.1 Å². The number of para-hydroxylation sites is 3. The van der Waals surface area contributed by atoms with E-state index >= 15 is 0 Å². The summed E-state index contributed by atoms with van der Waals surface area (Å²) in [6.07, 6.45) is -0.625. The zero-order valence-corrected chi connectivity index (χ0v) is 14.2. The van der Waals surface area contributed by atoms with Crippen molar-refractivity contribution in [1.82, 2.24) is 5.32 Å². The summed E-state index contributed by atoms with van der Waals surface area (Å²) >= 11 is 0. The Morgan fingerprint density at radius 1 is 1.04 bits per heavy atom. The van der Waals surface area contributed by atoms with E-state index in [-0.39, 0.29) is 5.91 Å². The van der Waals surface area contributed by atoms with Gasteiger partial charge in [0.2, 0.25) is 0 Å². The lowest BCUT2D eigenvalue weighted by Gasteiger charge is -2.16. The SMILES string of the molecule is COc1ccccc1O[C@H](C)C(=O)NCCOc1ccccc1C. The Morgan fingerprint density at radius 3 is 2.33 bits per heavy atom. The van der Waals surface area contributed by atoms with Crippen LogP contribution in [0, 0.1) is 6.92 Å². The van der Waals surface area contributed by atoms with Crippen molar-refractivity contribution in [2.24, 2.45) is 0 Å². The van der Waals surface area contributed by atoms with Crippen LogP contribution in [0.2, 0.25) is 0 Å². The maximum Gasteiger partial charge on any atom is 0.260 e. The van der Waals surface area contributed by atoms with Gasteiger partial charge in [0.25, 0.3) is 5.91 Å². The van der Waals surface area contributed by atoms with Crippen molar-refractivity contribution in [2.45, 2.75) is 20.0 Å². The summed E-state index contributed by atoms with van der Waals surface area (Å²) in [6.45, 7) is 4.49. The number of nitrogens with one attached hydrogen (secondary N) is 1. The van der Waals surface area contributed by atoms with Gasteiger partial charge < -0.3 is 19.5 Å². The zero-order valence-electron chi connectivity index (χ0n) is 14.2. The molecule has 24 heavy (non-hydrogen) atoms. The summed E-state index contributed by atoms with van der Waals surface area (Å²) in [7, 11) is 1.57. The number of hydrogen-bond donors (Lipinski definition) is 1. The van der Waals surface area contributed by atoms with E-state index in [0.29, 0.717) is 24.7 Å². The number of carbonyl (C=O) groups is 1. The fourth-order valence-corrected chi connectivity index (χ4v) is 2.16. The molecule has 1 atom stereocenters. The van der Waals surface area contributed by atoms with Gasteiger partial charge in [-0.3, -0.25) is 4.79 Å². The normalized spacial score (nSPS) is 11.5. The predicted octanol–water partition coefficient (Wildman–Crippen LogP) is 2.97. The molecule has 128 valence electrons. The molecule has 2 rings (SSSR count). The molecule has 0 unspecified atom stereocenters. The molecule has 0 saturated carbocycles. The monoisotopic (exact) mass is 329 g/mol. The van der Waals surface area contributed by atoms with Gasteiger partial charge in [-0.1, -0.05) is 30.3 Å². The fourth-order valence-electron chi connectivity index (χ4n) is 2.16. The number of amides is 1. The molecule has 1 N–H and O–H groups in total. The van der Waals surface area contributed by atoms with Crippen molar-refractivity contribution in [2.75, 3.05) is 20.3 Å². The molecule has 0 fully saturated rings. The van der Waals surface area contributed by atoms with E-state index in [1.807, 2.05) is 43.3 Å². The molecule has 5 nitrogen and oxygen atoms in total. The molecule has 5 heteroatoms. The van der Waals surface area contributed by atoms with Gasteiger partial charge in [0.15, 0.2) is 17.6 Å². The lowest BCUT2D eigenvalue weighted by Crippen LogP contribution is -2.38. The molecule has 2 aromatic rings. The molecule has 0 aliphatic carbocycles. The summed E-state index contributed by atoms with van der Waals surface area (Å²) in [6, 6.07) is 15.0. The number of benzene rings is 2. The average Bonchev–Trinajstić information content (AvgIpc) is 2.60. The Morgan fingerprint density at radius 2 is 1.67 bits per heavy atom. The molecule has 2 aromatic carbocycles. The molecule has 0 bridgehead atoms.